The Balaban J connectivity index is 2.39. The number of aliphatic hydroxyl groups excluding tert-OH is 1. The first kappa shape index (κ1) is 14.8. The summed E-state index contributed by atoms with van der Waals surface area (Å²) < 4.78 is 0.813. The zero-order valence-electron chi connectivity index (χ0n) is 11.5. The second-order valence-corrected chi connectivity index (χ2v) is 5.78. The first-order valence-electron chi connectivity index (χ1n) is 6.33. The molecule has 0 radical (unpaired) electrons. The lowest BCUT2D eigenvalue weighted by Gasteiger charge is -2.30. The summed E-state index contributed by atoms with van der Waals surface area (Å²) in [6, 6.07) is 9.79. The highest BCUT2D eigenvalue weighted by Gasteiger charge is 2.27. The second kappa shape index (κ2) is 5.81. The maximum absolute atomic E-state index is 9.78. The van der Waals surface area contributed by atoms with Gasteiger partial charge in [-0.05, 0) is 40.9 Å². The molecular weight excluding hydrogens is 318 g/mol. The van der Waals surface area contributed by atoms with Crippen molar-refractivity contribution in [1.29, 1.82) is 0 Å². The van der Waals surface area contributed by atoms with Crippen LogP contribution in [0, 0.1) is 6.92 Å². The highest BCUT2D eigenvalue weighted by molar-refractivity contribution is 9.10. The quantitative estimate of drug-likeness (QED) is 0.803. The standard InChI is InChI=1S/C15H18BrN3O/c1-10-12(17)8-18-14(13(10)16)19-15(2,9-20)11-6-4-3-5-7-11/h3-8,20H,9,17H2,1-2H3,(H,18,19). The lowest BCUT2D eigenvalue weighted by Crippen LogP contribution is -2.36. The van der Waals surface area contributed by atoms with E-state index in [4.69, 9.17) is 5.73 Å². The monoisotopic (exact) mass is 335 g/mol. The number of hydrogen-bond acceptors (Lipinski definition) is 4. The van der Waals surface area contributed by atoms with Crippen LogP contribution >= 0.6 is 15.9 Å². The molecule has 2 rings (SSSR count). The Hall–Kier alpha value is -1.59. The third-order valence-electron chi connectivity index (χ3n) is 3.42. The zero-order valence-corrected chi connectivity index (χ0v) is 13.1. The van der Waals surface area contributed by atoms with E-state index < -0.39 is 5.54 Å². The summed E-state index contributed by atoms with van der Waals surface area (Å²) in [7, 11) is 0. The summed E-state index contributed by atoms with van der Waals surface area (Å²) in [5.74, 6) is 0.664. The average molecular weight is 336 g/mol. The number of hydrogen-bond donors (Lipinski definition) is 3. The molecule has 0 aliphatic carbocycles. The molecule has 1 unspecified atom stereocenters. The van der Waals surface area contributed by atoms with E-state index in [1.165, 1.54) is 0 Å². The van der Waals surface area contributed by atoms with Crippen LogP contribution in [-0.4, -0.2) is 16.7 Å². The fourth-order valence-corrected chi connectivity index (χ4v) is 2.38. The van der Waals surface area contributed by atoms with E-state index in [1.807, 2.05) is 44.2 Å². The van der Waals surface area contributed by atoms with E-state index in [1.54, 1.807) is 6.20 Å². The van der Waals surface area contributed by atoms with Crippen molar-refractivity contribution in [3.63, 3.8) is 0 Å². The van der Waals surface area contributed by atoms with Crippen LogP contribution in [0.25, 0.3) is 0 Å². The summed E-state index contributed by atoms with van der Waals surface area (Å²) >= 11 is 3.50. The van der Waals surface area contributed by atoms with E-state index in [0.29, 0.717) is 11.5 Å². The molecule has 0 fully saturated rings. The highest BCUT2D eigenvalue weighted by Crippen LogP contribution is 2.32. The van der Waals surface area contributed by atoms with Gasteiger partial charge < -0.3 is 16.2 Å². The average Bonchev–Trinajstić information content (AvgIpc) is 2.48. The lowest BCUT2D eigenvalue weighted by atomic mass is 9.93. The number of halogens is 1. The summed E-state index contributed by atoms with van der Waals surface area (Å²) in [5.41, 5.74) is 7.77. The van der Waals surface area contributed by atoms with Crippen molar-refractivity contribution in [2.24, 2.45) is 0 Å². The van der Waals surface area contributed by atoms with Crippen molar-refractivity contribution in [1.82, 2.24) is 4.98 Å². The van der Waals surface area contributed by atoms with Crippen LogP contribution in [0.3, 0.4) is 0 Å². The maximum atomic E-state index is 9.78. The van der Waals surface area contributed by atoms with Crippen molar-refractivity contribution in [3.8, 4) is 0 Å². The van der Waals surface area contributed by atoms with Gasteiger partial charge in [0.25, 0.3) is 0 Å². The normalized spacial score (nSPS) is 13.8. The van der Waals surface area contributed by atoms with Gasteiger partial charge in [0.2, 0.25) is 0 Å². The molecule has 0 bridgehead atoms. The van der Waals surface area contributed by atoms with Gasteiger partial charge in [-0.2, -0.15) is 0 Å². The summed E-state index contributed by atoms with van der Waals surface area (Å²) in [6.07, 6.45) is 1.62. The van der Waals surface area contributed by atoms with E-state index in [2.05, 4.69) is 26.2 Å². The predicted octanol–water partition coefficient (Wildman–Crippen LogP) is 3.05. The molecular formula is C15H18BrN3O. The van der Waals surface area contributed by atoms with Gasteiger partial charge in [0.05, 0.1) is 28.5 Å². The van der Waals surface area contributed by atoms with Gasteiger partial charge in [-0.25, -0.2) is 4.98 Å². The van der Waals surface area contributed by atoms with Crippen molar-refractivity contribution < 1.29 is 5.11 Å². The SMILES string of the molecule is Cc1c(N)cnc(NC(C)(CO)c2ccccc2)c1Br. The van der Waals surface area contributed by atoms with Crippen molar-refractivity contribution in [2.75, 3.05) is 17.7 Å². The van der Waals surface area contributed by atoms with Crippen LogP contribution in [-0.2, 0) is 5.54 Å². The zero-order chi connectivity index (χ0) is 14.8. The maximum Gasteiger partial charge on any atom is 0.141 e. The van der Waals surface area contributed by atoms with Gasteiger partial charge in [-0.1, -0.05) is 30.3 Å². The topological polar surface area (TPSA) is 71.2 Å². The van der Waals surface area contributed by atoms with Crippen LogP contribution in [0.5, 0.6) is 0 Å². The number of benzene rings is 1. The molecule has 0 aliphatic heterocycles. The number of aliphatic hydroxyl groups is 1. The molecule has 106 valence electrons. The lowest BCUT2D eigenvalue weighted by molar-refractivity contribution is 0.223. The molecule has 0 saturated heterocycles. The van der Waals surface area contributed by atoms with E-state index in [0.717, 1.165) is 15.6 Å². The van der Waals surface area contributed by atoms with Crippen LogP contribution in [0.1, 0.15) is 18.1 Å². The number of nitrogens with zero attached hydrogens (tertiary/aromatic N) is 1. The molecule has 2 aromatic rings. The number of nitrogens with one attached hydrogen (secondary N) is 1. The summed E-state index contributed by atoms with van der Waals surface area (Å²) in [4.78, 5) is 4.30. The van der Waals surface area contributed by atoms with E-state index in [-0.39, 0.29) is 6.61 Å². The molecule has 0 amide bonds. The molecule has 4 N–H and O–H groups in total. The van der Waals surface area contributed by atoms with Gasteiger partial charge in [-0.3, -0.25) is 0 Å². The van der Waals surface area contributed by atoms with Gasteiger partial charge in [0.15, 0.2) is 0 Å². The number of nitrogens with two attached hydrogens (primary N) is 1. The Morgan fingerprint density at radius 2 is 2.00 bits per heavy atom. The minimum atomic E-state index is -0.612. The van der Waals surface area contributed by atoms with Crippen LogP contribution in [0.2, 0.25) is 0 Å². The Bertz CT molecular complexity index is 604. The first-order chi connectivity index (χ1) is 9.48. The number of rotatable bonds is 4. The molecule has 1 atom stereocenters. The summed E-state index contributed by atoms with van der Waals surface area (Å²) in [6.45, 7) is 3.81. The van der Waals surface area contributed by atoms with Crippen molar-refractivity contribution >= 4 is 27.4 Å². The molecule has 0 spiro atoms. The van der Waals surface area contributed by atoms with Gasteiger partial charge in [-0.15, -0.1) is 0 Å². The van der Waals surface area contributed by atoms with Crippen molar-refractivity contribution in [3.05, 3.63) is 52.1 Å². The van der Waals surface area contributed by atoms with Gasteiger partial charge in [0, 0.05) is 0 Å². The number of anilines is 2. The van der Waals surface area contributed by atoms with Crippen LogP contribution in [0.4, 0.5) is 11.5 Å². The Labute approximate surface area is 127 Å². The second-order valence-electron chi connectivity index (χ2n) is 4.98. The van der Waals surface area contributed by atoms with E-state index >= 15 is 0 Å². The molecule has 4 nitrogen and oxygen atoms in total. The third-order valence-corrected chi connectivity index (χ3v) is 4.39. The largest absolute Gasteiger partial charge is 0.397 e. The Kier molecular flexibility index (Phi) is 4.30. The molecule has 5 heteroatoms. The molecule has 1 heterocycles. The molecule has 0 aliphatic rings. The molecule has 1 aromatic heterocycles. The summed E-state index contributed by atoms with van der Waals surface area (Å²) in [5, 5.41) is 13.1. The predicted molar refractivity (Wildman–Crippen MR) is 85.6 cm³/mol. The van der Waals surface area contributed by atoms with Crippen LogP contribution < -0.4 is 11.1 Å². The molecule has 20 heavy (non-hydrogen) atoms. The Morgan fingerprint density at radius 1 is 1.35 bits per heavy atom. The van der Waals surface area contributed by atoms with Crippen molar-refractivity contribution in [2.45, 2.75) is 19.4 Å². The highest BCUT2D eigenvalue weighted by atomic mass is 79.9. The fraction of sp³-hybridized carbons (Fsp3) is 0.267. The Morgan fingerprint density at radius 3 is 2.60 bits per heavy atom. The van der Waals surface area contributed by atoms with Gasteiger partial charge in [0.1, 0.15) is 5.82 Å². The first-order valence-corrected chi connectivity index (χ1v) is 7.12. The molecule has 1 aromatic carbocycles. The molecule has 0 saturated carbocycles. The minimum absolute atomic E-state index is 0.0471. The number of pyridine rings is 1. The smallest absolute Gasteiger partial charge is 0.141 e. The number of nitrogen functional groups attached to an aromatic ring is 1. The van der Waals surface area contributed by atoms with Crippen LogP contribution in [0.15, 0.2) is 41.0 Å². The minimum Gasteiger partial charge on any atom is -0.397 e. The van der Waals surface area contributed by atoms with Gasteiger partial charge >= 0.3 is 0 Å². The van der Waals surface area contributed by atoms with E-state index in [9.17, 15) is 5.11 Å². The number of aromatic nitrogens is 1. The fourth-order valence-electron chi connectivity index (χ4n) is 1.95. The third kappa shape index (κ3) is 2.78.